The van der Waals surface area contributed by atoms with E-state index in [-0.39, 0.29) is 59.3 Å². The van der Waals surface area contributed by atoms with Crippen LogP contribution in [-0.4, -0.2) is 115 Å². The number of halogens is 3. The number of rotatable bonds is 5. The first-order valence-corrected chi connectivity index (χ1v) is 19.3. The first kappa shape index (κ1) is 35.1. The van der Waals surface area contributed by atoms with Crippen LogP contribution in [0.1, 0.15) is 50.5 Å². The molecule has 8 rings (SSSR count). The van der Waals surface area contributed by atoms with Crippen molar-refractivity contribution in [1.82, 2.24) is 24.7 Å². The molecule has 0 radical (unpaired) electrons. The zero-order chi connectivity index (χ0) is 36.5. The molecule has 6 heterocycles. The Kier molecular flexibility index (Phi) is 8.86. The molecule has 0 atom stereocenters. The van der Waals surface area contributed by atoms with Gasteiger partial charge in [-0.15, -0.1) is 11.3 Å². The average Bonchev–Trinajstić information content (AvgIpc) is 3.72. The molecule has 4 aliphatic heterocycles. The van der Waals surface area contributed by atoms with Gasteiger partial charge < -0.3 is 15.4 Å². The van der Waals surface area contributed by atoms with E-state index in [4.69, 9.17) is 32.0 Å². The highest BCUT2D eigenvalue weighted by molar-refractivity contribution is 7.23. The fourth-order valence-electron chi connectivity index (χ4n) is 9.56. The van der Waals surface area contributed by atoms with Gasteiger partial charge in [0.25, 0.3) is 0 Å². The Labute approximate surface area is 312 Å². The van der Waals surface area contributed by atoms with Gasteiger partial charge in [0.2, 0.25) is 0 Å². The number of guanidine groups is 1. The van der Waals surface area contributed by atoms with Crippen molar-refractivity contribution in [3.05, 3.63) is 40.4 Å². The Hall–Kier alpha value is -3.99. The van der Waals surface area contributed by atoms with Gasteiger partial charge in [-0.05, 0) is 69.3 Å². The third kappa shape index (κ3) is 5.69. The zero-order valence-electron chi connectivity index (χ0n) is 30.2. The van der Waals surface area contributed by atoms with E-state index in [9.17, 15) is 5.26 Å². The van der Waals surface area contributed by atoms with Crippen LogP contribution in [0, 0.1) is 28.4 Å². The molecule has 0 aliphatic carbocycles. The Balaban J connectivity index is 1.25. The van der Waals surface area contributed by atoms with E-state index in [0.29, 0.717) is 17.8 Å². The van der Waals surface area contributed by atoms with E-state index < -0.39 is 11.6 Å². The summed E-state index contributed by atoms with van der Waals surface area (Å²) in [5.74, 6) is 0.563. The third-order valence-corrected chi connectivity index (χ3v) is 13.0. The number of thiophene rings is 1. The van der Waals surface area contributed by atoms with E-state index in [0.717, 1.165) is 95.6 Å². The SMILES string of the molecule is CN(C)C(N1CC2(CCCCN(c3nc(OCC45CCCN4CCC5)nc4c(F)c(-c5ccc(F)c6sc(N)c(C#N)c56)c(Cl)cc34)C2)C1)=[N+](C)C. The Morgan fingerprint density at radius 3 is 2.52 bits per heavy atom. The Morgan fingerprint density at radius 1 is 1.08 bits per heavy atom. The molecule has 4 aromatic rings. The summed E-state index contributed by atoms with van der Waals surface area (Å²) < 4.78 is 41.1. The molecule has 10 nitrogen and oxygen atoms in total. The minimum Gasteiger partial charge on any atom is -0.461 e. The van der Waals surface area contributed by atoms with Gasteiger partial charge in [-0.1, -0.05) is 24.1 Å². The third-order valence-electron chi connectivity index (χ3n) is 11.7. The predicted octanol–water partition coefficient (Wildman–Crippen LogP) is 6.39. The quantitative estimate of drug-likeness (QED) is 0.142. The van der Waals surface area contributed by atoms with Gasteiger partial charge in [-0.25, -0.2) is 8.78 Å². The predicted molar refractivity (Wildman–Crippen MR) is 204 cm³/mol. The maximum Gasteiger partial charge on any atom is 0.349 e. The number of benzene rings is 2. The van der Waals surface area contributed by atoms with Crippen LogP contribution in [-0.2, 0) is 0 Å². The van der Waals surface area contributed by atoms with E-state index in [1.807, 2.05) is 0 Å². The maximum atomic E-state index is 17.3. The largest absolute Gasteiger partial charge is 0.461 e. The second-order valence-electron chi connectivity index (χ2n) is 15.6. The first-order valence-electron chi connectivity index (χ1n) is 18.1. The van der Waals surface area contributed by atoms with Crippen LogP contribution in [0.5, 0.6) is 6.01 Å². The summed E-state index contributed by atoms with van der Waals surface area (Å²) in [5.41, 5.74) is 6.63. The summed E-state index contributed by atoms with van der Waals surface area (Å²) in [6, 6.07) is 6.66. The lowest BCUT2D eigenvalue weighted by Crippen LogP contribution is -2.65. The standard InChI is InChI=1S/C38H45ClF2N9OS/c1-46(2)36(47(3)4)49-20-37(21-49)11-5-6-14-48(19-37)34-24-17-26(39)29(23-9-10-27(40)32-28(23)25(18-42)33(43)52-32)30(41)31(24)44-35(45-34)51-22-38-12-7-15-50(38)16-8-13-38/h9-10,17H,5-8,11-16,19-22,43H2,1-4H3/q+1. The molecule has 4 saturated heterocycles. The van der Waals surface area contributed by atoms with Gasteiger partial charge in [0.15, 0.2) is 5.82 Å². The molecule has 2 aromatic heterocycles. The molecule has 0 amide bonds. The van der Waals surface area contributed by atoms with Gasteiger partial charge in [-0.3, -0.25) is 19.3 Å². The topological polar surface area (TPSA) is 101 Å². The number of nitrogens with two attached hydrogens (primary N) is 1. The number of nitrogens with zero attached hydrogens (tertiary/aromatic N) is 8. The summed E-state index contributed by atoms with van der Waals surface area (Å²) in [7, 11) is 8.29. The number of hydrogen-bond acceptors (Lipinski definition) is 8. The highest BCUT2D eigenvalue weighted by atomic mass is 35.5. The van der Waals surface area contributed by atoms with Crippen LogP contribution < -0.4 is 15.4 Å². The highest BCUT2D eigenvalue weighted by Crippen LogP contribution is 2.47. The van der Waals surface area contributed by atoms with Crippen molar-refractivity contribution in [3.63, 3.8) is 0 Å². The number of nitrogen functional groups attached to an aromatic ring is 1. The van der Waals surface area contributed by atoms with Crippen LogP contribution >= 0.6 is 22.9 Å². The van der Waals surface area contributed by atoms with Gasteiger partial charge in [-0.2, -0.15) is 15.2 Å². The minimum absolute atomic E-state index is 0.0355. The monoisotopic (exact) mass is 748 g/mol. The molecule has 4 aliphatic rings. The molecular weight excluding hydrogens is 704 g/mol. The summed E-state index contributed by atoms with van der Waals surface area (Å²) in [4.78, 5) is 19.2. The number of anilines is 2. The molecule has 52 heavy (non-hydrogen) atoms. The molecule has 14 heteroatoms. The fourth-order valence-corrected chi connectivity index (χ4v) is 10.8. The van der Waals surface area contributed by atoms with Gasteiger partial charge in [0.05, 0.1) is 62.1 Å². The molecule has 4 fully saturated rings. The van der Waals surface area contributed by atoms with E-state index in [1.165, 1.54) is 18.1 Å². The number of aromatic nitrogens is 2. The maximum absolute atomic E-state index is 17.3. The van der Waals surface area contributed by atoms with E-state index >= 15 is 8.78 Å². The molecule has 274 valence electrons. The van der Waals surface area contributed by atoms with Crippen molar-refractivity contribution in [1.29, 1.82) is 5.26 Å². The minimum atomic E-state index is -0.672. The van der Waals surface area contributed by atoms with Crippen molar-refractivity contribution >= 4 is 60.7 Å². The smallest absolute Gasteiger partial charge is 0.349 e. The Bertz CT molecular complexity index is 2140. The molecule has 0 saturated carbocycles. The van der Waals surface area contributed by atoms with E-state index in [1.54, 1.807) is 6.07 Å². The van der Waals surface area contributed by atoms with Crippen molar-refractivity contribution in [2.45, 2.75) is 50.5 Å². The lowest BCUT2D eigenvalue weighted by atomic mass is 9.76. The molecular formula is C38H45ClF2N9OS+. The number of fused-ring (bicyclic) bond motifs is 3. The number of hydrogen-bond donors (Lipinski definition) is 1. The molecule has 2 aromatic carbocycles. The van der Waals surface area contributed by atoms with Crippen molar-refractivity contribution in [3.8, 4) is 23.2 Å². The van der Waals surface area contributed by atoms with Crippen LogP contribution in [0.4, 0.5) is 19.6 Å². The highest BCUT2D eigenvalue weighted by Gasteiger charge is 2.51. The molecule has 2 N–H and O–H groups in total. The van der Waals surface area contributed by atoms with Crippen LogP contribution in [0.3, 0.4) is 0 Å². The normalized spacial score (nSPS) is 19.5. The van der Waals surface area contributed by atoms with Crippen molar-refractivity contribution in [2.24, 2.45) is 5.41 Å². The molecule has 0 unspecified atom stereocenters. The van der Waals surface area contributed by atoms with Crippen molar-refractivity contribution < 1.29 is 18.1 Å². The molecule has 0 bridgehead atoms. The number of likely N-dealkylation sites (tertiary alicyclic amines) is 1. The summed E-state index contributed by atoms with van der Waals surface area (Å²) in [6.45, 7) is 5.87. The van der Waals surface area contributed by atoms with Crippen LogP contribution in [0.25, 0.3) is 32.1 Å². The lowest BCUT2D eigenvalue weighted by Gasteiger charge is -2.49. The number of ether oxygens (including phenoxy) is 1. The van der Waals surface area contributed by atoms with Crippen LogP contribution in [0.15, 0.2) is 18.2 Å². The van der Waals surface area contributed by atoms with Gasteiger partial charge >= 0.3 is 12.0 Å². The second kappa shape index (κ2) is 13.1. The zero-order valence-corrected chi connectivity index (χ0v) is 31.8. The summed E-state index contributed by atoms with van der Waals surface area (Å²) in [6.07, 6.45) is 7.50. The van der Waals surface area contributed by atoms with Gasteiger partial charge in [0, 0.05) is 34.8 Å². The van der Waals surface area contributed by atoms with Crippen LogP contribution in [0.2, 0.25) is 5.02 Å². The van der Waals surface area contributed by atoms with E-state index in [2.05, 4.69) is 58.4 Å². The number of nitriles is 1. The molecule has 1 spiro atoms. The summed E-state index contributed by atoms with van der Waals surface area (Å²) in [5, 5.41) is 11.0. The second-order valence-corrected chi connectivity index (χ2v) is 17.0. The first-order chi connectivity index (χ1) is 24.9. The summed E-state index contributed by atoms with van der Waals surface area (Å²) >= 11 is 7.98. The Morgan fingerprint density at radius 2 is 1.83 bits per heavy atom. The fraction of sp³-hybridized carbons (Fsp3) is 0.526. The van der Waals surface area contributed by atoms with Crippen molar-refractivity contribution in [2.75, 3.05) is 84.7 Å². The van der Waals surface area contributed by atoms with Gasteiger partial charge in [0.1, 0.15) is 34.8 Å². The lowest BCUT2D eigenvalue weighted by molar-refractivity contribution is -0.477. The average molecular weight is 749 g/mol.